The highest BCUT2D eigenvalue weighted by Crippen LogP contribution is 2.37. The molecule has 2 heterocycles. The summed E-state index contributed by atoms with van der Waals surface area (Å²) in [6.07, 6.45) is 7.43. The first-order valence-corrected chi connectivity index (χ1v) is 14.3. The summed E-state index contributed by atoms with van der Waals surface area (Å²) in [5.41, 5.74) is 6.33. The zero-order chi connectivity index (χ0) is 29.2. The predicted molar refractivity (Wildman–Crippen MR) is 161 cm³/mol. The van der Waals surface area contributed by atoms with Gasteiger partial charge in [-0.2, -0.15) is 5.26 Å². The van der Waals surface area contributed by atoms with Crippen LogP contribution in [0.2, 0.25) is 0 Å². The third-order valence-corrected chi connectivity index (χ3v) is 7.31. The molecule has 2 N–H and O–H groups in total. The van der Waals surface area contributed by atoms with Crippen LogP contribution in [0.15, 0.2) is 54.1 Å². The van der Waals surface area contributed by atoms with Crippen molar-refractivity contribution in [3.05, 3.63) is 76.3 Å². The number of nitriles is 1. The van der Waals surface area contributed by atoms with E-state index in [9.17, 15) is 9.59 Å². The van der Waals surface area contributed by atoms with E-state index in [-0.39, 0.29) is 11.7 Å². The summed E-state index contributed by atoms with van der Waals surface area (Å²) in [7, 11) is 2.09. The van der Waals surface area contributed by atoms with Crippen LogP contribution in [0.3, 0.4) is 0 Å². The molecule has 0 unspecified atom stereocenters. The zero-order valence-corrected chi connectivity index (χ0v) is 24.7. The molecule has 0 aliphatic carbocycles. The number of carbonyl (C=O) groups is 2. The molecule has 4 rings (SSSR count). The molecule has 1 aromatic heterocycles. The van der Waals surface area contributed by atoms with Crippen molar-refractivity contribution in [1.29, 1.82) is 5.26 Å². The smallest absolute Gasteiger partial charge is 0.255 e. The Hall–Kier alpha value is -4.05. The van der Waals surface area contributed by atoms with Crippen LogP contribution in [-0.4, -0.2) is 29.4 Å². The van der Waals surface area contributed by atoms with Gasteiger partial charge in [0.25, 0.3) is 5.91 Å². The number of nitrogens with zero attached hydrogens (tertiary/aromatic N) is 2. The zero-order valence-electron chi connectivity index (χ0n) is 24.7. The number of hydrogen-bond acceptors (Lipinski definition) is 5. The van der Waals surface area contributed by atoms with Gasteiger partial charge in [0, 0.05) is 48.4 Å². The molecule has 0 bridgehead atoms. The summed E-state index contributed by atoms with van der Waals surface area (Å²) in [6.45, 7) is 11.7. The molecule has 0 saturated heterocycles. The maximum absolute atomic E-state index is 12.8. The SMILES string of the molecule is CCC(=O)C1=C(C)NCCO1.CCCC(CCC)c1cn(C)c2ccc(NC(=O)c3cccc(C#N)c3)c(C)c12. The normalized spacial score (nSPS) is 12.8. The summed E-state index contributed by atoms with van der Waals surface area (Å²) in [6, 6.07) is 12.9. The second-order valence-electron chi connectivity index (χ2n) is 10.3. The van der Waals surface area contributed by atoms with Gasteiger partial charge < -0.3 is 19.9 Å². The number of allylic oxidation sites excluding steroid dienone is 2. The van der Waals surface area contributed by atoms with Crippen molar-refractivity contribution < 1.29 is 14.3 Å². The van der Waals surface area contributed by atoms with Gasteiger partial charge in [-0.15, -0.1) is 0 Å². The van der Waals surface area contributed by atoms with E-state index in [2.05, 4.69) is 61.4 Å². The van der Waals surface area contributed by atoms with Gasteiger partial charge in [-0.3, -0.25) is 9.59 Å². The Morgan fingerprint density at radius 3 is 2.48 bits per heavy atom. The van der Waals surface area contributed by atoms with Crippen LogP contribution in [0.5, 0.6) is 0 Å². The number of anilines is 1. The van der Waals surface area contributed by atoms with E-state index in [1.807, 2.05) is 19.9 Å². The first kappa shape index (κ1) is 30.5. The van der Waals surface area contributed by atoms with E-state index in [1.165, 1.54) is 29.3 Å². The molecule has 212 valence electrons. The van der Waals surface area contributed by atoms with E-state index < -0.39 is 0 Å². The summed E-state index contributed by atoms with van der Waals surface area (Å²) >= 11 is 0. The minimum atomic E-state index is -0.194. The molecular formula is C33H42N4O3. The van der Waals surface area contributed by atoms with E-state index >= 15 is 0 Å². The topological polar surface area (TPSA) is 96.2 Å². The number of amides is 1. The lowest BCUT2D eigenvalue weighted by Gasteiger charge is -2.19. The highest BCUT2D eigenvalue weighted by atomic mass is 16.5. The van der Waals surface area contributed by atoms with Crippen molar-refractivity contribution in [1.82, 2.24) is 9.88 Å². The molecule has 1 amide bonds. The van der Waals surface area contributed by atoms with Gasteiger partial charge in [0.15, 0.2) is 11.5 Å². The Morgan fingerprint density at radius 2 is 1.85 bits per heavy atom. The van der Waals surface area contributed by atoms with Crippen LogP contribution in [0.4, 0.5) is 5.69 Å². The van der Waals surface area contributed by atoms with Crippen molar-refractivity contribution in [2.24, 2.45) is 7.05 Å². The van der Waals surface area contributed by atoms with Gasteiger partial charge in [0.05, 0.1) is 17.3 Å². The van der Waals surface area contributed by atoms with Gasteiger partial charge in [0.1, 0.15) is 6.61 Å². The van der Waals surface area contributed by atoms with E-state index in [0.29, 0.717) is 35.8 Å². The number of Topliss-reactive ketones (excluding diaryl/α,β-unsaturated/α-hetero) is 1. The van der Waals surface area contributed by atoms with Gasteiger partial charge in [0.2, 0.25) is 0 Å². The number of rotatable bonds is 9. The molecule has 0 spiro atoms. The number of hydrogen-bond donors (Lipinski definition) is 2. The Morgan fingerprint density at radius 1 is 1.12 bits per heavy atom. The second-order valence-corrected chi connectivity index (χ2v) is 10.3. The van der Waals surface area contributed by atoms with Crippen LogP contribution in [0, 0.1) is 18.3 Å². The molecule has 2 aromatic carbocycles. The van der Waals surface area contributed by atoms with Gasteiger partial charge in [-0.25, -0.2) is 0 Å². The Balaban J connectivity index is 0.000000336. The van der Waals surface area contributed by atoms with Crippen LogP contribution in [-0.2, 0) is 16.6 Å². The quantitative estimate of drug-likeness (QED) is 0.300. The summed E-state index contributed by atoms with van der Waals surface area (Å²) in [4.78, 5) is 23.9. The van der Waals surface area contributed by atoms with Gasteiger partial charge in [-0.1, -0.05) is 39.7 Å². The minimum absolute atomic E-state index is 0.0784. The molecular weight excluding hydrogens is 500 g/mol. The van der Waals surface area contributed by atoms with E-state index in [4.69, 9.17) is 10.00 Å². The van der Waals surface area contributed by atoms with Crippen molar-refractivity contribution in [3.8, 4) is 6.07 Å². The molecule has 0 saturated carbocycles. The molecule has 7 heteroatoms. The van der Waals surface area contributed by atoms with Crippen LogP contribution in [0.1, 0.15) is 92.8 Å². The number of carbonyl (C=O) groups excluding carboxylic acids is 2. The van der Waals surface area contributed by atoms with Crippen LogP contribution < -0.4 is 10.6 Å². The van der Waals surface area contributed by atoms with E-state index in [0.717, 1.165) is 36.3 Å². The Labute approximate surface area is 238 Å². The number of benzene rings is 2. The number of nitrogens with one attached hydrogen (secondary N) is 2. The maximum Gasteiger partial charge on any atom is 0.255 e. The molecule has 1 aliphatic heterocycles. The fourth-order valence-corrected chi connectivity index (χ4v) is 5.25. The summed E-state index contributed by atoms with van der Waals surface area (Å²) < 4.78 is 7.40. The molecule has 3 aromatic rings. The van der Waals surface area contributed by atoms with Crippen molar-refractivity contribution in [2.45, 2.75) is 72.6 Å². The number of ketones is 1. The largest absolute Gasteiger partial charge is 0.486 e. The molecule has 0 atom stereocenters. The maximum atomic E-state index is 12.8. The third-order valence-electron chi connectivity index (χ3n) is 7.31. The molecule has 1 aliphatic rings. The third kappa shape index (κ3) is 7.12. The average molecular weight is 543 g/mol. The molecule has 7 nitrogen and oxygen atoms in total. The fraction of sp³-hybridized carbons (Fsp3) is 0.424. The van der Waals surface area contributed by atoms with Crippen LogP contribution >= 0.6 is 0 Å². The summed E-state index contributed by atoms with van der Waals surface area (Å²) in [5.74, 6) is 0.930. The van der Waals surface area contributed by atoms with Gasteiger partial charge >= 0.3 is 0 Å². The lowest BCUT2D eigenvalue weighted by atomic mass is 9.89. The summed E-state index contributed by atoms with van der Waals surface area (Å²) in [5, 5.41) is 16.5. The highest BCUT2D eigenvalue weighted by molar-refractivity contribution is 6.06. The highest BCUT2D eigenvalue weighted by Gasteiger charge is 2.20. The number of aromatic nitrogens is 1. The minimum Gasteiger partial charge on any atom is -0.486 e. The Kier molecular flexibility index (Phi) is 11.0. The predicted octanol–water partition coefficient (Wildman–Crippen LogP) is 7.11. The van der Waals surface area contributed by atoms with Crippen molar-refractivity contribution in [2.75, 3.05) is 18.5 Å². The molecule has 0 fully saturated rings. The lowest BCUT2D eigenvalue weighted by molar-refractivity contribution is -0.119. The fourth-order valence-electron chi connectivity index (χ4n) is 5.25. The van der Waals surface area contributed by atoms with E-state index in [1.54, 1.807) is 24.3 Å². The first-order chi connectivity index (χ1) is 19.2. The lowest BCUT2D eigenvalue weighted by Crippen LogP contribution is -2.28. The number of fused-ring (bicyclic) bond motifs is 1. The van der Waals surface area contributed by atoms with Crippen molar-refractivity contribution in [3.63, 3.8) is 0 Å². The van der Waals surface area contributed by atoms with Crippen molar-refractivity contribution >= 4 is 28.3 Å². The first-order valence-electron chi connectivity index (χ1n) is 14.3. The average Bonchev–Trinajstić information content (AvgIpc) is 3.31. The molecule has 40 heavy (non-hydrogen) atoms. The Bertz CT molecular complexity index is 1420. The second kappa shape index (κ2) is 14.4. The van der Waals surface area contributed by atoms with Gasteiger partial charge in [-0.05, 0) is 74.1 Å². The number of ether oxygens (including phenoxy) is 1. The standard InChI is InChI=1S/C25H29N3O.C8H13NO2/c1-5-8-19(9-6-2)21-16-28(4)23-13-12-22(17(3)24(21)23)27-25(29)20-11-7-10-18(14-20)15-26;1-3-7(10)8-6(2)9-4-5-11-8/h7,10-14,16,19H,5-6,8-9H2,1-4H3,(H,27,29);9H,3-5H2,1-2H3. The van der Waals surface area contributed by atoms with Crippen LogP contribution in [0.25, 0.3) is 10.9 Å². The monoisotopic (exact) mass is 542 g/mol. The number of aryl methyl sites for hydroxylation is 2. The molecule has 0 radical (unpaired) electrons.